The topological polar surface area (TPSA) is 60.9 Å². The number of amides is 2. The van der Waals surface area contributed by atoms with Gasteiger partial charge in [0.1, 0.15) is 6.04 Å². The van der Waals surface area contributed by atoms with Crippen LogP contribution in [0, 0.1) is 5.41 Å². The van der Waals surface area contributed by atoms with E-state index in [1.807, 2.05) is 4.90 Å². The van der Waals surface area contributed by atoms with Gasteiger partial charge in [-0.15, -0.1) is 0 Å². The number of likely N-dealkylation sites (tertiary alicyclic amines) is 2. The predicted octanol–water partition coefficient (Wildman–Crippen LogP) is 2.56. The van der Waals surface area contributed by atoms with Crippen molar-refractivity contribution in [2.75, 3.05) is 19.6 Å². The zero-order chi connectivity index (χ0) is 14.8. The van der Waals surface area contributed by atoms with Gasteiger partial charge >= 0.3 is 12.0 Å². The number of carboxylic acids is 1. The van der Waals surface area contributed by atoms with Gasteiger partial charge in [-0.1, -0.05) is 26.7 Å². The first-order chi connectivity index (χ1) is 9.41. The molecule has 2 aliphatic heterocycles. The van der Waals surface area contributed by atoms with E-state index in [1.165, 1.54) is 0 Å². The first-order valence-electron chi connectivity index (χ1n) is 7.69. The number of hydrogen-bond donors (Lipinski definition) is 1. The van der Waals surface area contributed by atoms with Crippen LogP contribution < -0.4 is 0 Å². The minimum absolute atomic E-state index is 0.0768. The van der Waals surface area contributed by atoms with Gasteiger partial charge < -0.3 is 14.9 Å². The maximum Gasteiger partial charge on any atom is 0.326 e. The molecule has 2 heterocycles. The fraction of sp³-hybridized carbons (Fsp3) is 0.867. The van der Waals surface area contributed by atoms with Crippen LogP contribution in [0.2, 0.25) is 0 Å². The molecule has 5 nitrogen and oxygen atoms in total. The van der Waals surface area contributed by atoms with Crippen LogP contribution in [0.1, 0.15) is 52.4 Å². The van der Waals surface area contributed by atoms with Crippen molar-refractivity contribution < 1.29 is 14.7 Å². The van der Waals surface area contributed by atoms with Gasteiger partial charge in [-0.2, -0.15) is 0 Å². The van der Waals surface area contributed by atoms with Crippen molar-refractivity contribution >= 4 is 12.0 Å². The second-order valence-corrected chi connectivity index (χ2v) is 6.87. The minimum Gasteiger partial charge on any atom is -0.480 e. The Hall–Kier alpha value is -1.26. The van der Waals surface area contributed by atoms with Crippen molar-refractivity contribution in [1.82, 2.24) is 9.80 Å². The Kier molecular flexibility index (Phi) is 4.55. The molecule has 0 radical (unpaired) electrons. The van der Waals surface area contributed by atoms with Gasteiger partial charge in [-0.25, -0.2) is 9.59 Å². The summed E-state index contributed by atoms with van der Waals surface area (Å²) in [6.07, 6.45) is 5.53. The number of rotatable bonds is 1. The summed E-state index contributed by atoms with van der Waals surface area (Å²) in [6, 6.07) is -0.720. The summed E-state index contributed by atoms with van der Waals surface area (Å²) in [6.45, 7) is 6.40. The SMILES string of the molecule is CC1(C)CCCN(C(=O)N2CCCCCC2C(=O)O)C1. The van der Waals surface area contributed by atoms with Gasteiger partial charge in [0.15, 0.2) is 0 Å². The molecule has 20 heavy (non-hydrogen) atoms. The quantitative estimate of drug-likeness (QED) is 0.804. The van der Waals surface area contributed by atoms with E-state index in [1.54, 1.807) is 4.90 Å². The zero-order valence-corrected chi connectivity index (χ0v) is 12.6. The Balaban J connectivity index is 2.10. The van der Waals surface area contributed by atoms with Crippen LogP contribution in [0.25, 0.3) is 0 Å². The number of nitrogens with zero attached hydrogens (tertiary/aromatic N) is 2. The van der Waals surface area contributed by atoms with Crippen LogP contribution in [0.15, 0.2) is 0 Å². The van der Waals surface area contributed by atoms with Gasteiger partial charge in [0, 0.05) is 19.6 Å². The van der Waals surface area contributed by atoms with Gasteiger partial charge in [-0.05, 0) is 31.1 Å². The summed E-state index contributed by atoms with van der Waals surface area (Å²) in [5.74, 6) is -0.864. The molecule has 0 saturated carbocycles. The third-order valence-corrected chi connectivity index (χ3v) is 4.45. The fourth-order valence-electron chi connectivity index (χ4n) is 3.36. The van der Waals surface area contributed by atoms with Gasteiger partial charge in [-0.3, -0.25) is 0 Å². The van der Waals surface area contributed by atoms with Crippen LogP contribution in [0.4, 0.5) is 4.79 Å². The highest BCUT2D eigenvalue weighted by Gasteiger charge is 2.36. The van der Waals surface area contributed by atoms with E-state index in [0.717, 1.165) is 45.2 Å². The molecule has 0 aliphatic carbocycles. The number of carbonyl (C=O) groups excluding carboxylic acids is 1. The number of carboxylic acid groups (broad SMARTS) is 1. The fourth-order valence-corrected chi connectivity index (χ4v) is 3.36. The highest BCUT2D eigenvalue weighted by atomic mass is 16.4. The minimum atomic E-state index is -0.864. The molecule has 1 N–H and O–H groups in total. The number of carbonyl (C=O) groups is 2. The van der Waals surface area contributed by atoms with E-state index in [-0.39, 0.29) is 11.4 Å². The molecule has 0 spiro atoms. The molecule has 2 saturated heterocycles. The van der Waals surface area contributed by atoms with Crippen molar-refractivity contribution in [1.29, 1.82) is 0 Å². The molecule has 2 amide bonds. The second-order valence-electron chi connectivity index (χ2n) is 6.87. The Morgan fingerprint density at radius 1 is 1.10 bits per heavy atom. The molecular formula is C15H26N2O3. The monoisotopic (exact) mass is 282 g/mol. The van der Waals surface area contributed by atoms with E-state index < -0.39 is 12.0 Å². The summed E-state index contributed by atoms with van der Waals surface area (Å²) in [7, 11) is 0. The summed E-state index contributed by atoms with van der Waals surface area (Å²) >= 11 is 0. The Morgan fingerprint density at radius 2 is 1.85 bits per heavy atom. The van der Waals surface area contributed by atoms with Gasteiger partial charge in [0.2, 0.25) is 0 Å². The molecule has 2 rings (SSSR count). The number of aliphatic carboxylic acids is 1. The van der Waals surface area contributed by atoms with Crippen LogP contribution in [0.5, 0.6) is 0 Å². The Labute approximate surface area is 120 Å². The van der Waals surface area contributed by atoms with Crippen LogP contribution in [-0.4, -0.2) is 52.6 Å². The lowest BCUT2D eigenvalue weighted by Crippen LogP contribution is -2.54. The van der Waals surface area contributed by atoms with E-state index in [9.17, 15) is 14.7 Å². The van der Waals surface area contributed by atoms with E-state index in [0.29, 0.717) is 13.0 Å². The molecule has 2 aliphatic rings. The lowest BCUT2D eigenvalue weighted by Gasteiger charge is -2.41. The lowest BCUT2D eigenvalue weighted by molar-refractivity contribution is -0.142. The zero-order valence-electron chi connectivity index (χ0n) is 12.6. The average Bonchev–Trinajstić information content (AvgIpc) is 2.62. The molecule has 2 fully saturated rings. The maximum atomic E-state index is 12.7. The van der Waals surface area contributed by atoms with Crippen LogP contribution >= 0.6 is 0 Å². The van der Waals surface area contributed by atoms with E-state index in [2.05, 4.69) is 13.8 Å². The average molecular weight is 282 g/mol. The van der Waals surface area contributed by atoms with Crippen molar-refractivity contribution in [2.45, 2.75) is 58.4 Å². The molecule has 0 bridgehead atoms. The van der Waals surface area contributed by atoms with Crippen molar-refractivity contribution in [3.05, 3.63) is 0 Å². The summed E-state index contributed by atoms with van der Waals surface area (Å²) in [4.78, 5) is 27.6. The molecule has 0 aromatic carbocycles. The second kappa shape index (κ2) is 6.02. The first kappa shape index (κ1) is 15.1. The molecule has 0 aromatic heterocycles. The van der Waals surface area contributed by atoms with E-state index in [4.69, 9.17) is 0 Å². The van der Waals surface area contributed by atoms with Gasteiger partial charge in [0.25, 0.3) is 0 Å². The molecule has 1 unspecified atom stereocenters. The van der Waals surface area contributed by atoms with Gasteiger partial charge in [0.05, 0.1) is 0 Å². The molecular weight excluding hydrogens is 256 g/mol. The summed E-state index contributed by atoms with van der Waals surface area (Å²) in [5.41, 5.74) is 0.137. The van der Waals surface area contributed by atoms with Crippen LogP contribution in [0.3, 0.4) is 0 Å². The molecule has 1 atom stereocenters. The smallest absolute Gasteiger partial charge is 0.326 e. The summed E-state index contributed by atoms with van der Waals surface area (Å²) in [5, 5.41) is 9.37. The predicted molar refractivity (Wildman–Crippen MR) is 76.6 cm³/mol. The normalized spacial score (nSPS) is 27.0. The molecule has 114 valence electrons. The van der Waals surface area contributed by atoms with Crippen molar-refractivity contribution in [2.24, 2.45) is 5.41 Å². The number of urea groups is 1. The first-order valence-corrected chi connectivity index (χ1v) is 7.69. The number of piperidine rings is 1. The number of hydrogen-bond acceptors (Lipinski definition) is 2. The highest BCUT2D eigenvalue weighted by Crippen LogP contribution is 2.30. The third-order valence-electron chi connectivity index (χ3n) is 4.45. The Bertz CT molecular complexity index is 381. The van der Waals surface area contributed by atoms with Crippen molar-refractivity contribution in [3.63, 3.8) is 0 Å². The highest BCUT2D eigenvalue weighted by molar-refractivity contribution is 5.82. The van der Waals surface area contributed by atoms with Crippen molar-refractivity contribution in [3.8, 4) is 0 Å². The lowest BCUT2D eigenvalue weighted by atomic mass is 9.84. The largest absolute Gasteiger partial charge is 0.480 e. The molecule has 0 aromatic rings. The van der Waals surface area contributed by atoms with Crippen LogP contribution in [-0.2, 0) is 4.79 Å². The summed E-state index contributed by atoms with van der Waals surface area (Å²) < 4.78 is 0. The maximum absolute atomic E-state index is 12.7. The van der Waals surface area contributed by atoms with E-state index >= 15 is 0 Å². The third kappa shape index (κ3) is 3.44. The Morgan fingerprint density at radius 3 is 2.50 bits per heavy atom. The molecule has 5 heteroatoms. The standard InChI is InChI=1S/C15H26N2O3/c1-15(2)8-6-9-16(11-15)14(20)17-10-5-3-4-7-12(17)13(18)19/h12H,3-11H2,1-2H3,(H,18,19).